The second-order valence-electron chi connectivity index (χ2n) is 4.89. The number of nitrogens with zero attached hydrogens (tertiary/aromatic N) is 1. The fraction of sp³-hybridized carbons (Fsp3) is 0.235. The maximum Gasteiger partial charge on any atom is 0.328 e. The molecule has 6 nitrogen and oxygen atoms in total. The summed E-state index contributed by atoms with van der Waals surface area (Å²) < 4.78 is 5.02. The van der Waals surface area contributed by atoms with Gasteiger partial charge in [0.15, 0.2) is 0 Å². The summed E-state index contributed by atoms with van der Waals surface area (Å²) in [6, 6.07) is 8.89. The van der Waals surface area contributed by atoms with Gasteiger partial charge in [0, 0.05) is 18.8 Å². The van der Waals surface area contributed by atoms with E-state index in [0.717, 1.165) is 5.56 Å². The molecule has 0 aliphatic rings. The zero-order valence-electron chi connectivity index (χ0n) is 12.7. The number of amides is 1. The third kappa shape index (κ3) is 4.81. The fourth-order valence-electron chi connectivity index (χ4n) is 2.04. The highest BCUT2D eigenvalue weighted by Gasteiger charge is 2.23. The molecule has 0 fully saturated rings. The van der Waals surface area contributed by atoms with Gasteiger partial charge in [0.2, 0.25) is 0 Å². The van der Waals surface area contributed by atoms with Gasteiger partial charge in [-0.15, -0.1) is 0 Å². The summed E-state index contributed by atoms with van der Waals surface area (Å²) in [4.78, 5) is 28.2. The van der Waals surface area contributed by atoms with E-state index < -0.39 is 17.9 Å². The number of carbonyl (C=O) groups excluding carboxylic acids is 2. The molecular weight excluding hydrogens is 296 g/mol. The molecule has 120 valence electrons. The van der Waals surface area contributed by atoms with Crippen LogP contribution in [0.25, 0.3) is 0 Å². The molecular formula is C17H18N2O4. The average Bonchev–Trinajstić information content (AvgIpc) is 2.57. The van der Waals surface area contributed by atoms with E-state index in [9.17, 15) is 14.7 Å². The van der Waals surface area contributed by atoms with Gasteiger partial charge in [0.05, 0.1) is 12.2 Å². The van der Waals surface area contributed by atoms with Crippen LogP contribution in [0.3, 0.4) is 0 Å². The number of ether oxygens (including phenoxy) is 1. The van der Waals surface area contributed by atoms with E-state index in [1.807, 2.05) is 0 Å². The number of hydrogen-bond donors (Lipinski definition) is 2. The molecule has 0 saturated heterocycles. The Kier molecular flexibility index (Phi) is 5.68. The van der Waals surface area contributed by atoms with Crippen molar-refractivity contribution in [3.05, 3.63) is 59.9 Å². The predicted octanol–water partition coefficient (Wildman–Crippen LogP) is 1.69. The summed E-state index contributed by atoms with van der Waals surface area (Å²) in [5.41, 5.74) is 1.17. The van der Waals surface area contributed by atoms with Crippen LogP contribution in [0.2, 0.25) is 0 Å². The average molecular weight is 314 g/mol. The molecule has 1 amide bonds. The van der Waals surface area contributed by atoms with Crippen molar-refractivity contribution < 1.29 is 19.4 Å². The monoisotopic (exact) mass is 314 g/mol. The molecule has 0 radical (unpaired) electrons. The second-order valence-corrected chi connectivity index (χ2v) is 4.89. The molecule has 6 heteroatoms. The standard InChI is InChI=1S/C17H18N2O4/c1-2-23-17(22)15(10-12-5-7-14(20)8-6-12)19-16(21)13-4-3-9-18-11-13/h3-9,11,15,20H,2,10H2,1H3,(H,19,21)/t15-/m0/s1. The SMILES string of the molecule is CCOC(=O)[C@H](Cc1ccc(O)cc1)NC(=O)c1cccnc1. The number of nitrogens with one attached hydrogen (secondary N) is 1. The van der Waals surface area contributed by atoms with Crippen molar-refractivity contribution in [2.45, 2.75) is 19.4 Å². The van der Waals surface area contributed by atoms with Gasteiger partial charge in [-0.1, -0.05) is 12.1 Å². The number of hydrogen-bond acceptors (Lipinski definition) is 5. The van der Waals surface area contributed by atoms with Crippen molar-refractivity contribution in [2.75, 3.05) is 6.61 Å². The highest BCUT2D eigenvalue weighted by atomic mass is 16.5. The summed E-state index contributed by atoms with van der Waals surface area (Å²) in [6.07, 6.45) is 3.26. The molecule has 1 aromatic carbocycles. The Bertz CT molecular complexity index is 656. The third-order valence-electron chi connectivity index (χ3n) is 3.18. The lowest BCUT2D eigenvalue weighted by molar-refractivity contribution is -0.145. The van der Waals surface area contributed by atoms with E-state index >= 15 is 0 Å². The van der Waals surface area contributed by atoms with Crippen molar-refractivity contribution in [3.63, 3.8) is 0 Å². The molecule has 2 rings (SSSR count). The molecule has 0 spiro atoms. The van der Waals surface area contributed by atoms with E-state index in [-0.39, 0.29) is 18.8 Å². The van der Waals surface area contributed by atoms with Gasteiger partial charge in [-0.2, -0.15) is 0 Å². The molecule has 2 aromatic rings. The number of rotatable bonds is 6. The highest BCUT2D eigenvalue weighted by molar-refractivity contribution is 5.96. The van der Waals surface area contributed by atoms with Crippen LogP contribution in [0, 0.1) is 0 Å². The molecule has 1 atom stereocenters. The van der Waals surface area contributed by atoms with Gasteiger partial charge < -0.3 is 15.2 Å². The maximum atomic E-state index is 12.2. The lowest BCUT2D eigenvalue weighted by Crippen LogP contribution is -2.43. The molecule has 0 unspecified atom stereocenters. The minimum absolute atomic E-state index is 0.140. The topological polar surface area (TPSA) is 88.5 Å². The van der Waals surface area contributed by atoms with Gasteiger partial charge in [0.1, 0.15) is 11.8 Å². The predicted molar refractivity (Wildman–Crippen MR) is 83.9 cm³/mol. The summed E-state index contributed by atoms with van der Waals surface area (Å²) in [5.74, 6) is -0.756. The Morgan fingerprint density at radius 1 is 1.26 bits per heavy atom. The quantitative estimate of drug-likeness (QED) is 0.792. The summed E-state index contributed by atoms with van der Waals surface area (Å²) in [6.45, 7) is 1.94. The minimum Gasteiger partial charge on any atom is -0.508 e. The van der Waals surface area contributed by atoms with Crippen molar-refractivity contribution >= 4 is 11.9 Å². The van der Waals surface area contributed by atoms with Crippen LogP contribution in [0.5, 0.6) is 5.75 Å². The first-order valence-electron chi connectivity index (χ1n) is 7.25. The van der Waals surface area contributed by atoms with Gasteiger partial charge >= 0.3 is 5.97 Å². The van der Waals surface area contributed by atoms with Crippen molar-refractivity contribution in [3.8, 4) is 5.75 Å². The van der Waals surface area contributed by atoms with Crippen LogP contribution in [0.4, 0.5) is 0 Å². The van der Waals surface area contributed by atoms with Crippen molar-refractivity contribution in [1.29, 1.82) is 0 Å². The van der Waals surface area contributed by atoms with Gasteiger partial charge in [-0.3, -0.25) is 9.78 Å². The maximum absolute atomic E-state index is 12.2. The van der Waals surface area contributed by atoms with E-state index in [1.165, 1.54) is 18.3 Å². The molecule has 2 N–H and O–H groups in total. The molecule has 0 saturated carbocycles. The van der Waals surface area contributed by atoms with Crippen LogP contribution in [-0.2, 0) is 16.0 Å². The lowest BCUT2D eigenvalue weighted by Gasteiger charge is -2.17. The zero-order valence-corrected chi connectivity index (χ0v) is 12.7. The lowest BCUT2D eigenvalue weighted by atomic mass is 10.1. The molecule has 23 heavy (non-hydrogen) atoms. The number of phenols is 1. The number of aromatic hydroxyl groups is 1. The fourth-order valence-corrected chi connectivity index (χ4v) is 2.04. The van der Waals surface area contributed by atoms with Crippen molar-refractivity contribution in [2.24, 2.45) is 0 Å². The number of aromatic nitrogens is 1. The minimum atomic E-state index is -0.813. The first-order valence-corrected chi connectivity index (χ1v) is 7.25. The molecule has 1 aromatic heterocycles. The summed E-state index contributed by atoms with van der Waals surface area (Å²) in [5, 5.41) is 12.0. The van der Waals surface area contributed by atoms with Crippen LogP contribution in [-0.4, -0.2) is 34.6 Å². The van der Waals surface area contributed by atoms with E-state index in [2.05, 4.69) is 10.3 Å². The van der Waals surface area contributed by atoms with E-state index in [1.54, 1.807) is 37.4 Å². The summed E-state index contributed by atoms with van der Waals surface area (Å²) >= 11 is 0. The van der Waals surface area contributed by atoms with Crippen molar-refractivity contribution in [1.82, 2.24) is 10.3 Å². The molecule has 0 aliphatic carbocycles. The first kappa shape index (κ1) is 16.5. The van der Waals surface area contributed by atoms with Crippen LogP contribution >= 0.6 is 0 Å². The molecule has 1 heterocycles. The van der Waals surface area contributed by atoms with Crippen LogP contribution in [0.15, 0.2) is 48.8 Å². The molecule has 0 bridgehead atoms. The number of phenolic OH excluding ortho intramolecular Hbond substituents is 1. The van der Waals surface area contributed by atoms with Gasteiger partial charge in [-0.25, -0.2) is 4.79 Å². The number of esters is 1. The largest absolute Gasteiger partial charge is 0.508 e. The Labute approximate surface area is 134 Å². The zero-order chi connectivity index (χ0) is 16.7. The smallest absolute Gasteiger partial charge is 0.328 e. The van der Waals surface area contributed by atoms with E-state index in [4.69, 9.17) is 4.74 Å². The highest BCUT2D eigenvalue weighted by Crippen LogP contribution is 2.12. The Balaban J connectivity index is 2.12. The number of carbonyl (C=O) groups is 2. The van der Waals surface area contributed by atoms with Crippen LogP contribution < -0.4 is 5.32 Å². The third-order valence-corrected chi connectivity index (χ3v) is 3.18. The van der Waals surface area contributed by atoms with Gasteiger partial charge in [0.25, 0.3) is 5.91 Å². The molecule has 0 aliphatic heterocycles. The number of benzene rings is 1. The Hall–Kier alpha value is -2.89. The van der Waals surface area contributed by atoms with Crippen LogP contribution in [0.1, 0.15) is 22.8 Å². The van der Waals surface area contributed by atoms with Gasteiger partial charge in [-0.05, 0) is 36.8 Å². The Morgan fingerprint density at radius 2 is 2.00 bits per heavy atom. The summed E-state index contributed by atoms with van der Waals surface area (Å²) in [7, 11) is 0. The first-order chi connectivity index (χ1) is 11.1. The number of pyridine rings is 1. The Morgan fingerprint density at radius 3 is 2.61 bits per heavy atom. The van der Waals surface area contributed by atoms with E-state index in [0.29, 0.717) is 5.56 Å². The normalized spacial score (nSPS) is 11.5. The second kappa shape index (κ2) is 7.93.